The number of aliphatic hydroxyl groups is 1. The highest BCUT2D eigenvalue weighted by Crippen LogP contribution is 2.42. The molecule has 28 nitrogen and oxygen atoms in total. The summed E-state index contributed by atoms with van der Waals surface area (Å²) < 4.78 is 133. The molecule has 0 saturated carbocycles. The molecular formula is C86H90Cl3FN16O12S4. The molecule has 0 radical (unpaired) electrons. The van der Waals surface area contributed by atoms with Crippen LogP contribution in [0.15, 0.2) is 180 Å². The Balaban J connectivity index is 0.000000133. The smallest absolute Gasteiger partial charge is 0.218 e. The fourth-order valence-corrected chi connectivity index (χ4v) is 21.4. The SMILES string of the molecule is CCCS(=O)(=O)Cc1cccc(Cc2cc3c(cn2)N=CN2CCCN=C32)c1C#N.CCN(C)S(=O)(=O)Cc1cccc(Oc2ccc3c(c2)C2=NCCCN2C=N3)c1Cl.O=S(=O)(CCCO)Cc1cccc(Oc2ccc3c(c2)C2=NCCCN2C=N3)c1Cl.O=S(=O)(Cc1cccc(Oc2ccc3c(c2)C2=NCCCN2C=N3)c1Cl)N1CC[C@@H](F)C1. The molecule has 0 bridgehead atoms. The number of sulfone groups is 2. The number of nitrogens with zero attached hydrogens (tertiary/aromatic N) is 16. The molecular weight excluding hydrogens is 1700 g/mol. The van der Waals surface area contributed by atoms with Gasteiger partial charge in [0.05, 0.1) is 116 Å². The number of rotatable bonds is 24. The van der Waals surface area contributed by atoms with Gasteiger partial charge in [0.25, 0.3) is 0 Å². The highest BCUT2D eigenvalue weighted by Gasteiger charge is 2.34. The van der Waals surface area contributed by atoms with Crippen molar-refractivity contribution in [2.75, 3.05) is 97.2 Å². The van der Waals surface area contributed by atoms with Gasteiger partial charge in [0.15, 0.2) is 19.7 Å². The number of fused-ring (bicyclic) bond motifs is 12. The zero-order chi connectivity index (χ0) is 85.9. The average Bonchev–Trinajstić information content (AvgIpc) is 0.833. The van der Waals surface area contributed by atoms with Crippen LogP contribution in [-0.2, 0) is 69.2 Å². The van der Waals surface area contributed by atoms with E-state index < -0.39 is 45.9 Å². The van der Waals surface area contributed by atoms with Crippen molar-refractivity contribution in [3.05, 3.63) is 216 Å². The summed E-state index contributed by atoms with van der Waals surface area (Å²) >= 11 is 19.5. The molecule has 1 fully saturated rings. The van der Waals surface area contributed by atoms with Crippen molar-refractivity contribution in [2.24, 2.45) is 39.9 Å². The number of pyridine rings is 1. The van der Waals surface area contributed by atoms with Crippen molar-refractivity contribution >= 4 is 146 Å². The quantitative estimate of drug-likeness (QED) is 0.0587. The van der Waals surface area contributed by atoms with E-state index in [0.29, 0.717) is 81.7 Å². The molecule has 17 rings (SSSR count). The van der Waals surface area contributed by atoms with E-state index in [-0.39, 0.29) is 82.1 Å². The van der Waals surface area contributed by atoms with Crippen LogP contribution in [0.25, 0.3) is 0 Å². The summed E-state index contributed by atoms with van der Waals surface area (Å²) in [4.78, 5) is 49.1. The Kier molecular flexibility index (Phi) is 28.1. The number of alkyl halides is 1. The normalized spacial score (nSPS) is 16.8. The Bertz CT molecular complexity index is 6100. The lowest BCUT2D eigenvalue weighted by molar-refractivity contribution is 0.295. The first-order chi connectivity index (χ1) is 58.8. The summed E-state index contributed by atoms with van der Waals surface area (Å²) in [5, 5.41) is 19.4. The van der Waals surface area contributed by atoms with Gasteiger partial charge in [0.1, 0.15) is 64.0 Å². The second-order valence-electron chi connectivity index (χ2n) is 29.9. The van der Waals surface area contributed by atoms with Gasteiger partial charge in [0.2, 0.25) is 20.0 Å². The van der Waals surface area contributed by atoms with E-state index in [1.54, 1.807) is 112 Å². The van der Waals surface area contributed by atoms with Gasteiger partial charge < -0.3 is 38.9 Å². The molecule has 0 spiro atoms. The summed E-state index contributed by atoms with van der Waals surface area (Å²) in [7, 11) is -12.2. The lowest BCUT2D eigenvalue weighted by Crippen LogP contribution is -2.37. The molecule has 0 amide bonds. The van der Waals surface area contributed by atoms with Crippen molar-refractivity contribution < 1.29 is 57.4 Å². The Morgan fingerprint density at radius 2 is 0.910 bits per heavy atom. The Hall–Kier alpha value is -10.4. The zero-order valence-electron chi connectivity index (χ0n) is 67.3. The standard InChI is InChI=1S/C22H22ClFN4O3S.C22H23N5O2S.C21H23ClN4O3S.C21H22ClN3O4S/c23-21-15(13-32(29,30)28-10-7-16(24)12-28)3-1-4-20(21)31-17-5-6-19-18(11-17)22-25-8-2-9-27(22)14-26-19;1-2-9-30(28,29)14-17-6-3-5-16(20(17)12-23)10-18-11-19-21(13-25-18)26-15-27-8-4-7-24-22(19)27;1-3-25(2)30(27,28)13-15-6-4-7-19(20(15)22)29-16-8-9-18-17(12-16)21-23-10-5-11-26(21)14-24-18;22-20-15(13-30(27,28)11-3-10-26)4-1-5-19(20)29-16-6-7-18-17(12-16)21-23-8-2-9-25(21)14-24-18/h1,3-6,11,14,16H,2,7-10,12-13H2;3,5-6,11,13,15H,2,4,7-10,14H2,1H3;4,6-9,12,14H,3,5,10-11,13H2,1-2H3;1,4-7,12,14,26H,2-3,8-11,13H2/t16-;;;/m1.../s1. The molecule has 1 saturated heterocycles. The third-order valence-electron chi connectivity index (χ3n) is 21.0. The first-order valence-corrected chi connectivity index (χ1v) is 48.0. The number of sulfonamides is 2. The monoisotopic (exact) mass is 1790 g/mol. The van der Waals surface area contributed by atoms with Crippen molar-refractivity contribution in [3.8, 4) is 40.6 Å². The maximum Gasteiger partial charge on any atom is 0.218 e. The first kappa shape index (κ1) is 87.9. The Morgan fingerprint density at radius 1 is 0.508 bits per heavy atom. The van der Waals surface area contributed by atoms with E-state index in [1.807, 2.05) is 88.6 Å². The Labute approximate surface area is 724 Å². The van der Waals surface area contributed by atoms with Crippen LogP contribution in [0.2, 0.25) is 15.1 Å². The minimum atomic E-state index is -3.67. The predicted molar refractivity (Wildman–Crippen MR) is 477 cm³/mol. The number of halogens is 4. The lowest BCUT2D eigenvalue weighted by Gasteiger charge is -2.29. The van der Waals surface area contributed by atoms with E-state index in [4.69, 9.17) is 54.1 Å². The number of aliphatic imine (C=N–C) groups is 8. The number of benzene rings is 7. The van der Waals surface area contributed by atoms with Crippen LogP contribution in [0.3, 0.4) is 0 Å². The van der Waals surface area contributed by atoms with E-state index in [2.05, 4.69) is 55.9 Å². The third kappa shape index (κ3) is 21.1. The topological polar surface area (TPSA) is 339 Å². The largest absolute Gasteiger partial charge is 0.456 e. The highest BCUT2D eigenvalue weighted by molar-refractivity contribution is 7.91. The number of aromatic nitrogens is 1. The van der Waals surface area contributed by atoms with Gasteiger partial charge in [-0.1, -0.05) is 103 Å². The molecule has 9 aliphatic heterocycles. The maximum absolute atomic E-state index is 13.5. The predicted octanol–water partition coefficient (Wildman–Crippen LogP) is 14.7. The van der Waals surface area contributed by atoms with Gasteiger partial charge in [0, 0.05) is 120 Å². The third-order valence-corrected chi connectivity index (χ3v) is 29.4. The van der Waals surface area contributed by atoms with Crippen LogP contribution < -0.4 is 14.2 Å². The fourth-order valence-electron chi connectivity index (χ4n) is 14.7. The number of aliphatic hydroxyl groups excluding tert-OH is 1. The van der Waals surface area contributed by atoms with Crippen LogP contribution in [0.4, 0.5) is 27.1 Å². The highest BCUT2D eigenvalue weighted by atomic mass is 35.5. The fraction of sp³-hybridized carbons (Fsp3) is 0.349. The van der Waals surface area contributed by atoms with Gasteiger partial charge in [-0.25, -0.2) is 62.3 Å². The molecule has 0 aliphatic carbocycles. The van der Waals surface area contributed by atoms with Gasteiger partial charge in [-0.05, 0) is 152 Å². The molecule has 36 heteroatoms. The number of nitriles is 1. The summed E-state index contributed by atoms with van der Waals surface area (Å²) in [6, 6.07) is 41.5. The van der Waals surface area contributed by atoms with E-state index in [1.165, 1.54) is 8.61 Å². The second kappa shape index (κ2) is 39.0. The van der Waals surface area contributed by atoms with Gasteiger partial charge in [-0.3, -0.25) is 25.0 Å². The molecule has 7 aromatic carbocycles. The van der Waals surface area contributed by atoms with Crippen LogP contribution >= 0.6 is 34.8 Å². The van der Waals surface area contributed by atoms with Crippen LogP contribution in [0, 0.1) is 11.3 Å². The molecule has 638 valence electrons. The second-order valence-corrected chi connectivity index (χ2v) is 39.4. The van der Waals surface area contributed by atoms with Crippen molar-refractivity contribution in [1.82, 2.24) is 33.2 Å². The van der Waals surface area contributed by atoms with Crippen molar-refractivity contribution in [1.29, 1.82) is 5.26 Å². The molecule has 10 heterocycles. The summed E-state index contributed by atoms with van der Waals surface area (Å²) in [5.41, 5.74) is 10.8. The maximum atomic E-state index is 13.5. The summed E-state index contributed by atoms with van der Waals surface area (Å²) in [6.07, 6.45) is 13.2. The van der Waals surface area contributed by atoms with E-state index in [0.717, 1.165) is 158 Å². The lowest BCUT2D eigenvalue weighted by atomic mass is 9.98. The van der Waals surface area contributed by atoms with Crippen LogP contribution in [-0.4, -0.2) is 224 Å². The minimum absolute atomic E-state index is 0.0884. The molecule has 1 atom stereocenters. The van der Waals surface area contributed by atoms with E-state index in [9.17, 15) is 43.3 Å². The van der Waals surface area contributed by atoms with Crippen LogP contribution in [0.5, 0.6) is 34.5 Å². The number of hydrogen-bond acceptors (Lipinski definition) is 26. The zero-order valence-corrected chi connectivity index (χ0v) is 72.8. The van der Waals surface area contributed by atoms with Crippen molar-refractivity contribution in [2.45, 2.75) is 94.4 Å². The minimum Gasteiger partial charge on any atom is -0.456 e. The molecule has 1 N–H and O–H groups in total. The molecule has 8 aromatic rings. The van der Waals surface area contributed by atoms with E-state index >= 15 is 0 Å². The van der Waals surface area contributed by atoms with Gasteiger partial charge in [-0.2, -0.15) is 9.57 Å². The molecule has 1 aromatic heterocycles. The van der Waals surface area contributed by atoms with Gasteiger partial charge >= 0.3 is 0 Å². The average molecular weight is 1790 g/mol. The summed E-state index contributed by atoms with van der Waals surface area (Å²) in [5.74, 6) is 5.64. The number of ether oxygens (including phenoxy) is 3. The number of hydrogen-bond donors (Lipinski definition) is 1. The van der Waals surface area contributed by atoms with Crippen LogP contribution in [0.1, 0.15) is 120 Å². The first-order valence-electron chi connectivity index (χ1n) is 40.0. The van der Waals surface area contributed by atoms with Gasteiger partial charge in [-0.15, -0.1) is 0 Å². The molecule has 0 unspecified atom stereocenters. The molecule has 122 heavy (non-hydrogen) atoms. The molecule has 9 aliphatic rings. The summed E-state index contributed by atoms with van der Waals surface area (Å²) in [6.45, 7) is 10.6. The number of amidine groups is 4. The van der Waals surface area contributed by atoms with Crippen molar-refractivity contribution in [3.63, 3.8) is 0 Å². The Morgan fingerprint density at radius 3 is 1.34 bits per heavy atom.